The zero-order valence-electron chi connectivity index (χ0n) is 11.0. The molecule has 0 spiro atoms. The van der Waals surface area contributed by atoms with Gasteiger partial charge in [-0.2, -0.15) is 5.10 Å². The summed E-state index contributed by atoms with van der Waals surface area (Å²) in [6.45, 7) is 2.78. The summed E-state index contributed by atoms with van der Waals surface area (Å²) in [5.41, 5.74) is 0.551. The standard InChI is InChI=1S/C14H22N2O2/c1-2-10-16-12(8-9-15-16)14(18)13(17)11-6-4-3-5-7-11/h8-9,11,13,17H,2-7,10H2,1H3. The van der Waals surface area contributed by atoms with Crippen LogP contribution in [0.5, 0.6) is 0 Å². The number of aliphatic hydroxyl groups is 1. The highest BCUT2D eigenvalue weighted by atomic mass is 16.3. The molecule has 4 nitrogen and oxygen atoms in total. The van der Waals surface area contributed by atoms with Gasteiger partial charge in [0, 0.05) is 12.7 Å². The van der Waals surface area contributed by atoms with Gasteiger partial charge in [0.25, 0.3) is 0 Å². The zero-order valence-corrected chi connectivity index (χ0v) is 11.0. The van der Waals surface area contributed by atoms with Crippen LogP contribution in [0.4, 0.5) is 0 Å². The Balaban J connectivity index is 2.07. The molecule has 0 radical (unpaired) electrons. The Kier molecular flexibility index (Phi) is 4.53. The summed E-state index contributed by atoms with van der Waals surface area (Å²) in [6.07, 6.45) is 7.14. The summed E-state index contributed by atoms with van der Waals surface area (Å²) in [5.74, 6) is -0.0240. The molecule has 100 valence electrons. The van der Waals surface area contributed by atoms with E-state index >= 15 is 0 Å². The maximum absolute atomic E-state index is 12.3. The second-order valence-electron chi connectivity index (χ2n) is 5.15. The Morgan fingerprint density at radius 1 is 1.50 bits per heavy atom. The van der Waals surface area contributed by atoms with E-state index in [0.717, 1.165) is 38.6 Å². The number of nitrogens with zero attached hydrogens (tertiary/aromatic N) is 2. The summed E-state index contributed by atoms with van der Waals surface area (Å²) >= 11 is 0. The van der Waals surface area contributed by atoms with Crippen LogP contribution in [0.1, 0.15) is 55.9 Å². The van der Waals surface area contributed by atoms with Crippen molar-refractivity contribution in [1.82, 2.24) is 9.78 Å². The summed E-state index contributed by atoms with van der Waals surface area (Å²) in [4.78, 5) is 12.3. The van der Waals surface area contributed by atoms with Crippen LogP contribution < -0.4 is 0 Å². The fourth-order valence-corrected chi connectivity index (χ4v) is 2.75. The third kappa shape index (κ3) is 2.80. The van der Waals surface area contributed by atoms with Gasteiger partial charge in [0.15, 0.2) is 0 Å². The average Bonchev–Trinajstić information content (AvgIpc) is 2.87. The van der Waals surface area contributed by atoms with Gasteiger partial charge in [-0.1, -0.05) is 26.2 Å². The van der Waals surface area contributed by atoms with Gasteiger partial charge in [-0.25, -0.2) is 0 Å². The maximum Gasteiger partial charge on any atom is 0.209 e. The first-order valence-corrected chi connectivity index (χ1v) is 6.98. The fourth-order valence-electron chi connectivity index (χ4n) is 2.75. The van der Waals surface area contributed by atoms with Crippen molar-refractivity contribution in [3.8, 4) is 0 Å². The first-order valence-electron chi connectivity index (χ1n) is 6.98. The average molecular weight is 250 g/mol. The van der Waals surface area contributed by atoms with Crippen LogP contribution in [-0.4, -0.2) is 26.8 Å². The molecule has 1 fully saturated rings. The lowest BCUT2D eigenvalue weighted by Crippen LogP contribution is -2.32. The van der Waals surface area contributed by atoms with E-state index in [1.165, 1.54) is 6.42 Å². The molecule has 1 aliphatic carbocycles. The molecule has 2 rings (SSSR count). The normalized spacial score (nSPS) is 18.8. The predicted octanol–water partition coefficient (Wildman–Crippen LogP) is 2.42. The van der Waals surface area contributed by atoms with Gasteiger partial charge >= 0.3 is 0 Å². The van der Waals surface area contributed by atoms with Gasteiger partial charge < -0.3 is 5.11 Å². The van der Waals surface area contributed by atoms with Crippen molar-refractivity contribution in [1.29, 1.82) is 0 Å². The highest BCUT2D eigenvalue weighted by Gasteiger charge is 2.29. The molecule has 0 amide bonds. The number of aromatic nitrogens is 2. The molecule has 1 N–H and O–H groups in total. The molecule has 18 heavy (non-hydrogen) atoms. The molecular formula is C14H22N2O2. The lowest BCUT2D eigenvalue weighted by Gasteiger charge is -2.25. The van der Waals surface area contributed by atoms with Crippen molar-refractivity contribution in [2.75, 3.05) is 0 Å². The van der Waals surface area contributed by atoms with E-state index in [1.54, 1.807) is 16.9 Å². The number of hydrogen-bond donors (Lipinski definition) is 1. The molecule has 1 atom stereocenters. The minimum absolute atomic E-state index is 0.135. The lowest BCUT2D eigenvalue weighted by atomic mass is 9.83. The monoisotopic (exact) mass is 250 g/mol. The van der Waals surface area contributed by atoms with Crippen LogP contribution in [0.15, 0.2) is 12.3 Å². The number of aryl methyl sites for hydroxylation is 1. The van der Waals surface area contributed by atoms with E-state index in [4.69, 9.17) is 0 Å². The number of aliphatic hydroxyl groups excluding tert-OH is 1. The summed E-state index contributed by atoms with van der Waals surface area (Å²) in [7, 11) is 0. The number of carbonyl (C=O) groups is 1. The van der Waals surface area contributed by atoms with Crippen LogP contribution in [0, 0.1) is 5.92 Å². The fraction of sp³-hybridized carbons (Fsp3) is 0.714. The first kappa shape index (κ1) is 13.3. The molecule has 1 saturated carbocycles. The highest BCUT2D eigenvalue weighted by Crippen LogP contribution is 2.27. The highest BCUT2D eigenvalue weighted by molar-refractivity contribution is 5.98. The SMILES string of the molecule is CCCn1nccc1C(=O)C(O)C1CCCCC1. The molecule has 0 aliphatic heterocycles. The van der Waals surface area contributed by atoms with Crippen molar-refractivity contribution in [2.24, 2.45) is 5.92 Å². The van der Waals surface area contributed by atoms with Gasteiger partial charge in [-0.15, -0.1) is 0 Å². The lowest BCUT2D eigenvalue weighted by molar-refractivity contribution is 0.0523. The van der Waals surface area contributed by atoms with Crippen molar-refractivity contribution >= 4 is 5.78 Å². The number of carbonyl (C=O) groups excluding carboxylic acids is 1. The first-order chi connectivity index (χ1) is 8.74. The Hall–Kier alpha value is -1.16. The summed E-state index contributed by atoms with van der Waals surface area (Å²) < 4.78 is 1.70. The van der Waals surface area contributed by atoms with Crippen LogP contribution >= 0.6 is 0 Å². The van der Waals surface area contributed by atoms with Crippen LogP contribution in [0.3, 0.4) is 0 Å². The van der Waals surface area contributed by atoms with Crippen LogP contribution in [-0.2, 0) is 6.54 Å². The van der Waals surface area contributed by atoms with Gasteiger partial charge in [-0.3, -0.25) is 9.48 Å². The Morgan fingerprint density at radius 3 is 2.89 bits per heavy atom. The van der Waals surface area contributed by atoms with Crippen molar-refractivity contribution in [3.05, 3.63) is 18.0 Å². The molecular weight excluding hydrogens is 228 g/mol. The largest absolute Gasteiger partial charge is 0.385 e. The molecule has 1 unspecified atom stereocenters. The van der Waals surface area contributed by atoms with Crippen molar-refractivity contribution in [3.63, 3.8) is 0 Å². The topological polar surface area (TPSA) is 55.1 Å². The predicted molar refractivity (Wildman–Crippen MR) is 69.4 cm³/mol. The minimum atomic E-state index is -0.849. The van der Waals surface area contributed by atoms with Gasteiger partial charge in [0.2, 0.25) is 5.78 Å². The third-order valence-corrected chi connectivity index (χ3v) is 3.77. The van der Waals surface area contributed by atoms with E-state index in [1.807, 2.05) is 6.92 Å². The molecule has 1 aromatic rings. The molecule has 1 aromatic heterocycles. The van der Waals surface area contributed by atoms with E-state index in [2.05, 4.69) is 5.10 Å². The quantitative estimate of drug-likeness (QED) is 0.816. The second kappa shape index (κ2) is 6.14. The Labute approximate surface area is 108 Å². The van der Waals surface area contributed by atoms with E-state index in [0.29, 0.717) is 5.69 Å². The minimum Gasteiger partial charge on any atom is -0.385 e. The van der Waals surface area contributed by atoms with Gasteiger partial charge in [-0.05, 0) is 31.2 Å². The van der Waals surface area contributed by atoms with Crippen LogP contribution in [0.2, 0.25) is 0 Å². The molecule has 4 heteroatoms. The number of Topliss-reactive ketones (excluding diaryl/α,β-unsaturated/α-hetero) is 1. The summed E-state index contributed by atoms with van der Waals surface area (Å²) in [5, 5.41) is 14.4. The third-order valence-electron chi connectivity index (χ3n) is 3.77. The molecule has 0 saturated heterocycles. The maximum atomic E-state index is 12.3. The molecule has 0 aromatic carbocycles. The van der Waals surface area contributed by atoms with Gasteiger partial charge in [0.05, 0.1) is 0 Å². The summed E-state index contributed by atoms with van der Waals surface area (Å²) in [6, 6.07) is 1.71. The molecule has 1 heterocycles. The van der Waals surface area contributed by atoms with E-state index < -0.39 is 6.10 Å². The Morgan fingerprint density at radius 2 is 2.22 bits per heavy atom. The van der Waals surface area contributed by atoms with Gasteiger partial charge in [0.1, 0.15) is 11.8 Å². The van der Waals surface area contributed by atoms with Crippen molar-refractivity contribution < 1.29 is 9.90 Å². The number of hydrogen-bond acceptors (Lipinski definition) is 3. The molecule has 0 bridgehead atoms. The van der Waals surface area contributed by atoms with Crippen molar-refractivity contribution in [2.45, 2.75) is 58.1 Å². The number of ketones is 1. The molecule has 1 aliphatic rings. The Bertz CT molecular complexity index is 394. The van der Waals surface area contributed by atoms with E-state index in [-0.39, 0.29) is 11.7 Å². The number of rotatable bonds is 5. The smallest absolute Gasteiger partial charge is 0.209 e. The van der Waals surface area contributed by atoms with E-state index in [9.17, 15) is 9.90 Å². The van der Waals surface area contributed by atoms with Crippen LogP contribution in [0.25, 0.3) is 0 Å². The second-order valence-corrected chi connectivity index (χ2v) is 5.15. The zero-order chi connectivity index (χ0) is 13.0.